The van der Waals surface area contributed by atoms with Gasteiger partial charge >= 0.3 is 0 Å². The fraction of sp³-hybridized carbons (Fsp3) is 0.278. The Morgan fingerprint density at radius 3 is 2.71 bits per heavy atom. The maximum absolute atomic E-state index is 8.46. The number of nitrogens with zero attached hydrogens (tertiary/aromatic N) is 1. The Morgan fingerprint density at radius 1 is 1.14 bits per heavy atom. The predicted molar refractivity (Wildman–Crippen MR) is 82.1 cm³/mol. The van der Waals surface area contributed by atoms with Crippen LogP contribution in [-0.4, -0.2) is 13.2 Å². The van der Waals surface area contributed by atoms with E-state index in [0.717, 1.165) is 18.8 Å². The van der Waals surface area contributed by atoms with Crippen LogP contribution in [0.2, 0.25) is 0 Å². The summed E-state index contributed by atoms with van der Waals surface area (Å²) in [5.74, 6) is 1.40. The highest BCUT2D eigenvalue weighted by molar-refractivity contribution is 5.40. The topological polar surface area (TPSA) is 45.0 Å². The van der Waals surface area contributed by atoms with Crippen LogP contribution in [0, 0.1) is 11.3 Å². The Balaban J connectivity index is 1.45. The Bertz CT molecular complexity index is 643. The molecule has 1 aliphatic rings. The average Bonchev–Trinajstić information content (AvgIpc) is 2.51. The van der Waals surface area contributed by atoms with Crippen LogP contribution in [-0.2, 0) is 13.0 Å². The van der Waals surface area contributed by atoms with E-state index in [0.29, 0.717) is 5.92 Å². The molecule has 0 amide bonds. The molecule has 0 aliphatic heterocycles. The normalized spacial score (nSPS) is 15.7. The Morgan fingerprint density at radius 2 is 1.95 bits per heavy atom. The molecule has 0 heterocycles. The number of fused-ring (bicyclic) bond motifs is 1. The van der Waals surface area contributed by atoms with Crippen LogP contribution in [0.25, 0.3) is 0 Å². The summed E-state index contributed by atoms with van der Waals surface area (Å²) in [6.07, 6.45) is 1.18. The second-order valence-corrected chi connectivity index (χ2v) is 5.32. The minimum absolute atomic E-state index is 0.0959. The van der Waals surface area contributed by atoms with E-state index in [1.807, 2.05) is 30.3 Å². The van der Waals surface area contributed by atoms with Crippen molar-refractivity contribution in [2.75, 3.05) is 13.2 Å². The molecular formula is C18H18N2O. The van der Waals surface area contributed by atoms with Gasteiger partial charge in [-0.2, -0.15) is 5.26 Å². The molecule has 1 atom stereocenters. The first-order valence-electron chi connectivity index (χ1n) is 7.24. The van der Waals surface area contributed by atoms with Crippen LogP contribution < -0.4 is 10.1 Å². The van der Waals surface area contributed by atoms with Crippen molar-refractivity contribution in [3.8, 4) is 11.8 Å². The van der Waals surface area contributed by atoms with Crippen LogP contribution in [0.3, 0.4) is 0 Å². The molecule has 3 nitrogen and oxygen atoms in total. The molecular weight excluding hydrogens is 260 g/mol. The first-order chi connectivity index (χ1) is 10.4. The summed E-state index contributed by atoms with van der Waals surface area (Å²) in [6.45, 7) is 1.97. The number of ether oxygens (including phenoxy) is 1. The van der Waals surface area contributed by atoms with Gasteiger partial charge in [-0.25, -0.2) is 0 Å². The highest BCUT2D eigenvalue weighted by Gasteiger charge is 2.24. The van der Waals surface area contributed by atoms with E-state index in [4.69, 9.17) is 10.00 Å². The lowest BCUT2D eigenvalue weighted by Crippen LogP contribution is -2.28. The van der Waals surface area contributed by atoms with Crippen molar-refractivity contribution in [1.82, 2.24) is 5.32 Å². The van der Waals surface area contributed by atoms with Gasteiger partial charge in [-0.05, 0) is 35.2 Å². The summed E-state index contributed by atoms with van der Waals surface area (Å²) < 4.78 is 5.24. The Hall–Kier alpha value is -2.31. The molecule has 3 heteroatoms. The summed E-state index contributed by atoms with van der Waals surface area (Å²) in [4.78, 5) is 0. The SMILES string of the molecule is N#CCOc1ccc(CNCC2Cc3ccccc32)cc1. The molecule has 1 aliphatic carbocycles. The molecule has 106 valence electrons. The maximum atomic E-state index is 8.46. The number of nitriles is 1. The second kappa shape index (κ2) is 6.43. The predicted octanol–water partition coefficient (Wildman–Crippen LogP) is 3.02. The van der Waals surface area contributed by atoms with Crippen LogP contribution in [0.4, 0.5) is 0 Å². The summed E-state index contributed by atoms with van der Waals surface area (Å²) in [7, 11) is 0. The van der Waals surface area contributed by atoms with E-state index in [1.165, 1.54) is 23.1 Å². The van der Waals surface area contributed by atoms with Crippen molar-refractivity contribution < 1.29 is 4.74 Å². The molecule has 0 fully saturated rings. The van der Waals surface area contributed by atoms with Crippen LogP contribution in [0.15, 0.2) is 48.5 Å². The largest absolute Gasteiger partial charge is 0.479 e. The highest BCUT2D eigenvalue weighted by Crippen LogP contribution is 2.34. The van der Waals surface area contributed by atoms with Crippen molar-refractivity contribution >= 4 is 0 Å². The average molecular weight is 278 g/mol. The van der Waals surface area contributed by atoms with E-state index in [1.54, 1.807) is 0 Å². The molecule has 1 unspecified atom stereocenters. The van der Waals surface area contributed by atoms with E-state index in [2.05, 4.69) is 29.6 Å². The molecule has 1 N–H and O–H groups in total. The molecule has 0 aromatic heterocycles. The van der Waals surface area contributed by atoms with Gasteiger partial charge < -0.3 is 10.1 Å². The summed E-state index contributed by atoms with van der Waals surface area (Å²) >= 11 is 0. The molecule has 3 rings (SSSR count). The number of hydrogen-bond acceptors (Lipinski definition) is 3. The molecule has 2 aromatic carbocycles. The standard InChI is InChI=1S/C18H18N2O/c19-9-10-21-17-7-5-14(6-8-17)12-20-13-16-11-15-3-1-2-4-18(15)16/h1-8,16,20H,10-13H2. The third kappa shape index (κ3) is 3.24. The van der Waals surface area contributed by atoms with Crippen molar-refractivity contribution in [3.63, 3.8) is 0 Å². The van der Waals surface area contributed by atoms with Crippen molar-refractivity contribution in [2.24, 2.45) is 0 Å². The Labute approximate surface area is 125 Å². The van der Waals surface area contributed by atoms with Crippen molar-refractivity contribution in [3.05, 3.63) is 65.2 Å². The fourth-order valence-corrected chi connectivity index (χ4v) is 2.75. The second-order valence-electron chi connectivity index (χ2n) is 5.32. The maximum Gasteiger partial charge on any atom is 0.174 e. The van der Waals surface area contributed by atoms with E-state index in [9.17, 15) is 0 Å². The zero-order valence-corrected chi connectivity index (χ0v) is 11.9. The summed E-state index contributed by atoms with van der Waals surface area (Å²) in [5.41, 5.74) is 4.21. The smallest absolute Gasteiger partial charge is 0.174 e. The van der Waals surface area contributed by atoms with Gasteiger partial charge in [-0.15, -0.1) is 0 Å². The van der Waals surface area contributed by atoms with Gasteiger partial charge in [-0.3, -0.25) is 0 Å². The number of rotatable bonds is 6. The van der Waals surface area contributed by atoms with Gasteiger partial charge in [0, 0.05) is 19.0 Å². The first-order valence-corrected chi connectivity index (χ1v) is 7.24. The van der Waals surface area contributed by atoms with E-state index < -0.39 is 0 Å². The molecule has 2 aromatic rings. The molecule has 21 heavy (non-hydrogen) atoms. The van der Waals surface area contributed by atoms with Gasteiger partial charge in [0.05, 0.1) is 0 Å². The van der Waals surface area contributed by atoms with Gasteiger partial charge in [0.25, 0.3) is 0 Å². The van der Waals surface area contributed by atoms with Gasteiger partial charge in [0.1, 0.15) is 11.8 Å². The van der Waals surface area contributed by atoms with Crippen LogP contribution >= 0.6 is 0 Å². The van der Waals surface area contributed by atoms with Crippen molar-refractivity contribution in [2.45, 2.75) is 18.9 Å². The lowest BCUT2D eigenvalue weighted by molar-refractivity contribution is 0.368. The molecule has 0 saturated carbocycles. The molecule has 0 bridgehead atoms. The summed E-state index contributed by atoms with van der Waals surface area (Å²) in [5, 5.41) is 12.0. The minimum Gasteiger partial charge on any atom is -0.479 e. The first kappa shape index (κ1) is 13.7. The van der Waals surface area contributed by atoms with E-state index >= 15 is 0 Å². The molecule has 0 radical (unpaired) electrons. The molecule has 0 saturated heterocycles. The van der Waals surface area contributed by atoms with Crippen LogP contribution in [0.1, 0.15) is 22.6 Å². The third-order valence-corrected chi connectivity index (χ3v) is 3.91. The lowest BCUT2D eigenvalue weighted by atomic mass is 9.77. The van der Waals surface area contributed by atoms with E-state index in [-0.39, 0.29) is 6.61 Å². The van der Waals surface area contributed by atoms with Crippen molar-refractivity contribution in [1.29, 1.82) is 5.26 Å². The van der Waals surface area contributed by atoms with Gasteiger partial charge in [0.2, 0.25) is 0 Å². The fourth-order valence-electron chi connectivity index (χ4n) is 2.75. The minimum atomic E-state index is 0.0959. The quantitative estimate of drug-likeness (QED) is 0.883. The zero-order valence-electron chi connectivity index (χ0n) is 11.9. The summed E-state index contributed by atoms with van der Waals surface area (Å²) in [6, 6.07) is 18.5. The monoisotopic (exact) mass is 278 g/mol. The van der Waals surface area contributed by atoms with Crippen LogP contribution in [0.5, 0.6) is 5.75 Å². The number of benzene rings is 2. The van der Waals surface area contributed by atoms with Gasteiger partial charge in [-0.1, -0.05) is 36.4 Å². The lowest BCUT2D eigenvalue weighted by Gasteiger charge is -2.30. The highest BCUT2D eigenvalue weighted by atomic mass is 16.5. The molecule has 0 spiro atoms. The third-order valence-electron chi connectivity index (χ3n) is 3.91. The zero-order chi connectivity index (χ0) is 14.5. The Kier molecular flexibility index (Phi) is 4.18. The number of nitrogens with one attached hydrogen (secondary N) is 1. The number of hydrogen-bond donors (Lipinski definition) is 1. The van der Waals surface area contributed by atoms with Gasteiger partial charge in [0.15, 0.2) is 6.61 Å².